The third-order valence-electron chi connectivity index (χ3n) is 3.80. The van der Waals surface area contributed by atoms with Crippen LogP contribution in [0.5, 0.6) is 0 Å². The van der Waals surface area contributed by atoms with E-state index in [2.05, 4.69) is 25.2 Å². The van der Waals surface area contributed by atoms with Gasteiger partial charge in [-0.2, -0.15) is 0 Å². The van der Waals surface area contributed by atoms with Crippen molar-refractivity contribution in [3.05, 3.63) is 11.6 Å². The average Bonchev–Trinajstić information content (AvgIpc) is 2.99. The smallest absolute Gasteiger partial charge is 0.158 e. The first-order valence-electron chi connectivity index (χ1n) is 7.44. The van der Waals surface area contributed by atoms with Crippen LogP contribution in [0.25, 0.3) is 0 Å². The Kier molecular flexibility index (Phi) is 5.82. The Morgan fingerprint density at radius 2 is 2.11 bits per heavy atom. The van der Waals surface area contributed by atoms with Gasteiger partial charge >= 0.3 is 0 Å². The summed E-state index contributed by atoms with van der Waals surface area (Å²) >= 11 is 0. The topological polar surface area (TPSA) is 50.7 Å². The van der Waals surface area contributed by atoms with Crippen molar-refractivity contribution < 1.29 is 14.6 Å². The Hall–Kier alpha value is -0.420. The van der Waals surface area contributed by atoms with Gasteiger partial charge in [0.25, 0.3) is 0 Å². The minimum atomic E-state index is -0.00708. The largest absolute Gasteiger partial charge is 0.394 e. The second-order valence-electron chi connectivity index (χ2n) is 6.10. The summed E-state index contributed by atoms with van der Waals surface area (Å²) in [6.07, 6.45) is 5.45. The minimum absolute atomic E-state index is 0.00708. The van der Waals surface area contributed by atoms with Gasteiger partial charge in [-0.05, 0) is 24.7 Å². The molecule has 0 aromatic carbocycles. The molecule has 110 valence electrons. The van der Waals surface area contributed by atoms with Gasteiger partial charge in [0, 0.05) is 19.0 Å². The van der Waals surface area contributed by atoms with Gasteiger partial charge in [0.1, 0.15) is 0 Å². The molecule has 4 heteroatoms. The van der Waals surface area contributed by atoms with Crippen molar-refractivity contribution in [2.75, 3.05) is 26.4 Å². The summed E-state index contributed by atoms with van der Waals surface area (Å²) in [5.74, 6) is 1.29. The van der Waals surface area contributed by atoms with Gasteiger partial charge in [-0.1, -0.05) is 25.5 Å². The lowest BCUT2D eigenvalue weighted by Gasteiger charge is -2.22. The van der Waals surface area contributed by atoms with Gasteiger partial charge in [-0.3, -0.25) is 0 Å². The Balaban J connectivity index is 1.86. The van der Waals surface area contributed by atoms with Crippen molar-refractivity contribution >= 4 is 0 Å². The highest BCUT2D eigenvalue weighted by atomic mass is 16.7. The highest BCUT2D eigenvalue weighted by Crippen LogP contribution is 2.28. The average molecular weight is 269 g/mol. The molecular weight excluding hydrogens is 242 g/mol. The van der Waals surface area contributed by atoms with Gasteiger partial charge in [0.2, 0.25) is 0 Å². The SMILES string of the molecule is CC(C)C[C@@H](CC1=C[C@@H](CO)NC1)CC1OCCO1. The third kappa shape index (κ3) is 4.88. The predicted molar refractivity (Wildman–Crippen MR) is 74.8 cm³/mol. The molecule has 0 saturated carbocycles. The van der Waals surface area contributed by atoms with Crippen LogP contribution in [-0.2, 0) is 9.47 Å². The number of hydrogen-bond acceptors (Lipinski definition) is 4. The van der Waals surface area contributed by atoms with Crippen molar-refractivity contribution in [1.29, 1.82) is 0 Å². The number of hydrogen-bond donors (Lipinski definition) is 2. The summed E-state index contributed by atoms with van der Waals surface area (Å²) in [4.78, 5) is 0. The molecule has 0 bridgehead atoms. The first-order valence-corrected chi connectivity index (χ1v) is 7.44. The molecular formula is C15H27NO3. The number of aliphatic hydroxyl groups excluding tert-OH is 1. The molecule has 0 amide bonds. The van der Waals surface area contributed by atoms with E-state index in [1.165, 1.54) is 12.0 Å². The van der Waals surface area contributed by atoms with Crippen molar-refractivity contribution in [3.63, 3.8) is 0 Å². The van der Waals surface area contributed by atoms with Crippen LogP contribution in [0, 0.1) is 11.8 Å². The molecule has 2 rings (SSSR count). The minimum Gasteiger partial charge on any atom is -0.394 e. The lowest BCUT2D eigenvalue weighted by molar-refractivity contribution is -0.0583. The Morgan fingerprint density at radius 1 is 1.37 bits per heavy atom. The molecule has 2 atom stereocenters. The molecule has 4 nitrogen and oxygen atoms in total. The third-order valence-corrected chi connectivity index (χ3v) is 3.80. The van der Waals surface area contributed by atoms with Crippen LogP contribution in [0.1, 0.15) is 33.1 Å². The molecule has 19 heavy (non-hydrogen) atoms. The zero-order valence-corrected chi connectivity index (χ0v) is 12.1. The molecule has 1 saturated heterocycles. The van der Waals surface area contributed by atoms with Crippen LogP contribution in [-0.4, -0.2) is 43.8 Å². The molecule has 2 aliphatic heterocycles. The lowest BCUT2D eigenvalue weighted by atomic mass is 9.88. The first kappa shape index (κ1) is 15.0. The maximum absolute atomic E-state index is 9.15. The highest BCUT2D eigenvalue weighted by molar-refractivity contribution is 5.16. The highest BCUT2D eigenvalue weighted by Gasteiger charge is 2.24. The maximum atomic E-state index is 9.15. The molecule has 0 aromatic rings. The molecule has 0 spiro atoms. The number of nitrogens with one attached hydrogen (secondary N) is 1. The summed E-state index contributed by atoms with van der Waals surface area (Å²) in [6, 6.07) is 0.147. The van der Waals surface area contributed by atoms with E-state index in [0.29, 0.717) is 11.8 Å². The van der Waals surface area contributed by atoms with E-state index in [1.54, 1.807) is 0 Å². The monoisotopic (exact) mass is 269 g/mol. The van der Waals surface area contributed by atoms with Crippen LogP contribution in [0.3, 0.4) is 0 Å². The first-order chi connectivity index (χ1) is 9.17. The van der Waals surface area contributed by atoms with Crippen molar-refractivity contribution in [2.45, 2.75) is 45.4 Å². The fourth-order valence-corrected chi connectivity index (χ4v) is 3.04. The quantitative estimate of drug-likeness (QED) is 0.691. The Bertz CT molecular complexity index is 298. The van der Waals surface area contributed by atoms with Gasteiger partial charge in [0.05, 0.1) is 19.8 Å². The van der Waals surface area contributed by atoms with Gasteiger partial charge < -0.3 is 19.9 Å². The predicted octanol–water partition coefficient (Wildman–Crippen LogP) is 1.69. The maximum Gasteiger partial charge on any atom is 0.158 e. The van der Waals surface area contributed by atoms with E-state index in [1.807, 2.05) is 0 Å². The van der Waals surface area contributed by atoms with E-state index in [-0.39, 0.29) is 18.9 Å². The summed E-state index contributed by atoms with van der Waals surface area (Å²) in [6.45, 7) is 7.09. The van der Waals surface area contributed by atoms with Crippen LogP contribution in [0.15, 0.2) is 11.6 Å². The lowest BCUT2D eigenvalue weighted by Crippen LogP contribution is -2.25. The molecule has 2 N–H and O–H groups in total. The second kappa shape index (κ2) is 7.39. The molecule has 0 unspecified atom stereocenters. The fourth-order valence-electron chi connectivity index (χ4n) is 3.04. The van der Waals surface area contributed by atoms with E-state index < -0.39 is 0 Å². The Labute approximate surface area is 116 Å². The normalized spacial score (nSPS) is 26.1. The molecule has 0 aromatic heterocycles. The number of aliphatic hydroxyl groups is 1. The van der Waals surface area contributed by atoms with Gasteiger partial charge in [0.15, 0.2) is 6.29 Å². The van der Waals surface area contributed by atoms with Crippen LogP contribution in [0.2, 0.25) is 0 Å². The van der Waals surface area contributed by atoms with Crippen LogP contribution >= 0.6 is 0 Å². The second-order valence-corrected chi connectivity index (χ2v) is 6.10. The van der Waals surface area contributed by atoms with E-state index in [9.17, 15) is 0 Å². The Morgan fingerprint density at radius 3 is 2.68 bits per heavy atom. The number of rotatable bonds is 7. The van der Waals surface area contributed by atoms with Crippen molar-refractivity contribution in [3.8, 4) is 0 Å². The van der Waals surface area contributed by atoms with Crippen LogP contribution < -0.4 is 5.32 Å². The summed E-state index contributed by atoms with van der Waals surface area (Å²) < 4.78 is 11.1. The summed E-state index contributed by atoms with van der Waals surface area (Å²) in [7, 11) is 0. The van der Waals surface area contributed by atoms with Gasteiger partial charge in [-0.25, -0.2) is 0 Å². The molecule has 0 aliphatic carbocycles. The summed E-state index contributed by atoms with van der Waals surface area (Å²) in [5, 5.41) is 12.4. The van der Waals surface area contributed by atoms with Gasteiger partial charge in [-0.15, -0.1) is 0 Å². The molecule has 0 radical (unpaired) electrons. The standard InChI is InChI=1S/C15H27NO3/c1-11(2)5-12(8-15-18-3-4-19-15)6-13-7-14(10-17)16-9-13/h7,11-12,14-17H,3-6,8-10H2,1-2H3/t12-,14-/m0/s1. The summed E-state index contributed by atoms with van der Waals surface area (Å²) in [5.41, 5.74) is 1.42. The molecule has 2 aliphatic rings. The van der Waals surface area contributed by atoms with Crippen molar-refractivity contribution in [2.24, 2.45) is 11.8 Å². The number of ether oxygens (including phenoxy) is 2. The van der Waals surface area contributed by atoms with E-state index in [0.717, 1.165) is 32.6 Å². The molecule has 1 fully saturated rings. The van der Waals surface area contributed by atoms with E-state index >= 15 is 0 Å². The fraction of sp³-hybridized carbons (Fsp3) is 0.867. The van der Waals surface area contributed by atoms with Crippen molar-refractivity contribution in [1.82, 2.24) is 5.32 Å². The zero-order chi connectivity index (χ0) is 13.7. The van der Waals surface area contributed by atoms with E-state index in [4.69, 9.17) is 14.6 Å². The zero-order valence-electron chi connectivity index (χ0n) is 12.1. The molecule has 2 heterocycles. The van der Waals surface area contributed by atoms with Crippen LogP contribution in [0.4, 0.5) is 0 Å².